The number of nitrogens with zero attached hydrogens (tertiary/aromatic N) is 2. The molecule has 4 N–H and O–H groups in total. The van der Waals surface area contributed by atoms with Crippen molar-refractivity contribution in [2.24, 2.45) is 0 Å². The second kappa shape index (κ2) is 8.39. The van der Waals surface area contributed by atoms with Crippen molar-refractivity contribution in [3.05, 3.63) is 52.5 Å². The third-order valence-electron chi connectivity index (χ3n) is 5.45. The summed E-state index contributed by atoms with van der Waals surface area (Å²) in [7, 11) is 0. The number of thiophene rings is 1. The van der Waals surface area contributed by atoms with Crippen LogP contribution in [0.15, 0.2) is 36.4 Å². The maximum atomic E-state index is 12.7. The molecule has 0 unspecified atom stereocenters. The molecule has 0 bridgehead atoms. The molecule has 1 atom stereocenters. The lowest BCUT2D eigenvalue weighted by molar-refractivity contribution is 0.0956. The van der Waals surface area contributed by atoms with Crippen LogP contribution < -0.4 is 21.3 Å². The second-order valence-corrected chi connectivity index (χ2v) is 8.59. The maximum absolute atomic E-state index is 12.7. The van der Waals surface area contributed by atoms with Gasteiger partial charge in [-0.05, 0) is 42.7 Å². The number of amides is 1. The van der Waals surface area contributed by atoms with Crippen molar-refractivity contribution in [1.82, 2.24) is 15.6 Å². The van der Waals surface area contributed by atoms with E-state index in [0.717, 1.165) is 42.1 Å². The van der Waals surface area contributed by atoms with Gasteiger partial charge in [-0.3, -0.25) is 4.79 Å². The summed E-state index contributed by atoms with van der Waals surface area (Å²) in [6.07, 6.45) is 0. The van der Waals surface area contributed by atoms with Crippen LogP contribution in [0.4, 0.5) is 11.4 Å². The van der Waals surface area contributed by atoms with E-state index in [2.05, 4.69) is 51.7 Å². The van der Waals surface area contributed by atoms with E-state index < -0.39 is 0 Å². The van der Waals surface area contributed by atoms with Crippen molar-refractivity contribution in [2.75, 3.05) is 43.4 Å². The molecule has 1 aromatic carbocycles. The molecule has 152 valence electrons. The fraction of sp³-hybridized carbons (Fsp3) is 0.364. The number of hydrogen-bond acceptors (Lipinski definition) is 6. The molecule has 0 saturated carbocycles. The summed E-state index contributed by atoms with van der Waals surface area (Å²) in [5.41, 5.74) is 10.1. The Morgan fingerprint density at radius 2 is 1.97 bits per heavy atom. The number of nitrogens with two attached hydrogens (primary N) is 1. The Bertz CT molecular complexity index is 1010. The van der Waals surface area contributed by atoms with E-state index in [1.165, 1.54) is 22.6 Å². The number of nitrogen functional groups attached to an aromatic ring is 1. The predicted molar refractivity (Wildman–Crippen MR) is 121 cm³/mol. The first-order valence-electron chi connectivity index (χ1n) is 10.0. The number of benzene rings is 1. The van der Waals surface area contributed by atoms with Gasteiger partial charge in [-0.2, -0.15) is 0 Å². The number of piperazine rings is 1. The number of nitrogens with one attached hydrogen (secondary N) is 2. The number of rotatable bonds is 5. The highest BCUT2D eigenvalue weighted by molar-refractivity contribution is 7.21. The molecule has 1 fully saturated rings. The molecule has 29 heavy (non-hydrogen) atoms. The summed E-state index contributed by atoms with van der Waals surface area (Å²) in [5, 5.41) is 7.26. The summed E-state index contributed by atoms with van der Waals surface area (Å²) in [6.45, 7) is 8.75. The maximum Gasteiger partial charge on any atom is 0.263 e. The number of aryl methyl sites for hydroxylation is 1. The Kier molecular flexibility index (Phi) is 5.69. The highest BCUT2D eigenvalue weighted by atomic mass is 32.1. The lowest BCUT2D eigenvalue weighted by atomic mass is 10.0. The summed E-state index contributed by atoms with van der Waals surface area (Å²) < 4.78 is 0. The number of aromatic nitrogens is 1. The van der Waals surface area contributed by atoms with E-state index in [1.54, 1.807) is 0 Å². The number of pyridine rings is 1. The first kappa shape index (κ1) is 19.7. The molecule has 1 aliphatic heterocycles. The Morgan fingerprint density at radius 1 is 1.24 bits per heavy atom. The average Bonchev–Trinajstić information content (AvgIpc) is 3.08. The average molecular weight is 410 g/mol. The minimum atomic E-state index is -0.132. The van der Waals surface area contributed by atoms with Crippen molar-refractivity contribution in [2.45, 2.75) is 19.8 Å². The molecule has 1 aliphatic rings. The van der Waals surface area contributed by atoms with Crippen molar-refractivity contribution in [3.63, 3.8) is 0 Å². The Balaban J connectivity index is 1.39. The highest BCUT2D eigenvalue weighted by Crippen LogP contribution is 2.32. The van der Waals surface area contributed by atoms with Gasteiger partial charge in [0.1, 0.15) is 9.71 Å². The predicted octanol–water partition coefficient (Wildman–Crippen LogP) is 3.13. The fourth-order valence-electron chi connectivity index (χ4n) is 3.64. The van der Waals surface area contributed by atoms with Gasteiger partial charge < -0.3 is 21.3 Å². The van der Waals surface area contributed by atoms with Gasteiger partial charge in [0.25, 0.3) is 5.91 Å². The molecule has 7 heteroatoms. The van der Waals surface area contributed by atoms with Crippen LogP contribution in [0.1, 0.15) is 33.8 Å². The zero-order valence-corrected chi connectivity index (χ0v) is 17.7. The van der Waals surface area contributed by atoms with Crippen LogP contribution in [0.25, 0.3) is 10.2 Å². The van der Waals surface area contributed by atoms with Crippen LogP contribution >= 0.6 is 11.3 Å². The molecule has 1 saturated heterocycles. The number of anilines is 2. The lowest BCUT2D eigenvalue weighted by Crippen LogP contribution is -2.43. The molecular weight excluding hydrogens is 382 g/mol. The molecule has 0 spiro atoms. The van der Waals surface area contributed by atoms with Gasteiger partial charge in [-0.1, -0.05) is 19.1 Å². The van der Waals surface area contributed by atoms with Crippen LogP contribution in [0.3, 0.4) is 0 Å². The van der Waals surface area contributed by atoms with Crippen molar-refractivity contribution in [1.29, 1.82) is 0 Å². The molecule has 3 aromatic rings. The van der Waals surface area contributed by atoms with Crippen LogP contribution in [-0.2, 0) is 0 Å². The second-order valence-electron chi connectivity index (χ2n) is 7.59. The SMILES string of the molecule is Cc1ccc2c(N)c(C(=O)NC[C@@H](C)c3ccc(N4CCNCC4)cc3)sc2n1. The standard InChI is InChI=1S/C22H27N5OS/c1-14(16-4-6-17(7-5-16)27-11-9-24-10-12-27)13-25-21(28)20-19(23)18-8-3-15(2)26-22(18)29-20/h3-8,14,24H,9-13,23H2,1-2H3,(H,25,28)/t14-/m1/s1. The largest absolute Gasteiger partial charge is 0.397 e. The Morgan fingerprint density at radius 3 is 2.69 bits per heavy atom. The van der Waals surface area contributed by atoms with Crippen LogP contribution in [0.5, 0.6) is 0 Å². The molecular formula is C22H27N5OS. The van der Waals surface area contributed by atoms with Gasteiger partial charge in [0.2, 0.25) is 0 Å². The minimum Gasteiger partial charge on any atom is -0.397 e. The molecule has 1 amide bonds. The minimum absolute atomic E-state index is 0.132. The number of carbonyl (C=O) groups excluding carboxylic acids is 1. The Labute approximate surface area is 175 Å². The summed E-state index contributed by atoms with van der Waals surface area (Å²) in [5.74, 6) is 0.0828. The summed E-state index contributed by atoms with van der Waals surface area (Å²) >= 11 is 1.35. The topological polar surface area (TPSA) is 83.3 Å². The zero-order valence-electron chi connectivity index (χ0n) is 16.9. The van der Waals surface area contributed by atoms with E-state index in [1.807, 2.05) is 19.1 Å². The normalized spacial score (nSPS) is 15.4. The fourth-order valence-corrected chi connectivity index (χ4v) is 4.69. The van der Waals surface area contributed by atoms with Crippen LogP contribution in [0, 0.1) is 6.92 Å². The van der Waals surface area contributed by atoms with Gasteiger partial charge in [-0.15, -0.1) is 11.3 Å². The molecule has 2 aromatic heterocycles. The van der Waals surface area contributed by atoms with Gasteiger partial charge in [0.15, 0.2) is 0 Å². The lowest BCUT2D eigenvalue weighted by Gasteiger charge is -2.29. The molecule has 3 heterocycles. The Hall–Kier alpha value is -2.64. The van der Waals surface area contributed by atoms with Gasteiger partial charge in [0, 0.05) is 49.5 Å². The van der Waals surface area contributed by atoms with E-state index in [4.69, 9.17) is 5.73 Å². The molecule has 0 aliphatic carbocycles. The third kappa shape index (κ3) is 4.21. The zero-order chi connectivity index (χ0) is 20.4. The van der Waals surface area contributed by atoms with Gasteiger partial charge in [0.05, 0.1) is 5.69 Å². The number of carbonyl (C=O) groups is 1. The first-order chi connectivity index (χ1) is 14.0. The van der Waals surface area contributed by atoms with Crippen LogP contribution in [-0.4, -0.2) is 43.6 Å². The monoisotopic (exact) mass is 409 g/mol. The highest BCUT2D eigenvalue weighted by Gasteiger charge is 2.18. The van der Waals surface area contributed by atoms with E-state index in [0.29, 0.717) is 17.1 Å². The smallest absolute Gasteiger partial charge is 0.263 e. The van der Waals surface area contributed by atoms with E-state index in [9.17, 15) is 4.79 Å². The quantitative estimate of drug-likeness (QED) is 0.603. The van der Waals surface area contributed by atoms with Gasteiger partial charge >= 0.3 is 0 Å². The van der Waals surface area contributed by atoms with Crippen molar-refractivity contribution >= 4 is 38.8 Å². The number of fused-ring (bicyclic) bond motifs is 1. The van der Waals surface area contributed by atoms with E-state index in [-0.39, 0.29) is 11.8 Å². The third-order valence-corrected chi connectivity index (χ3v) is 6.57. The molecule has 4 rings (SSSR count). The number of hydrogen-bond donors (Lipinski definition) is 3. The van der Waals surface area contributed by atoms with Crippen molar-refractivity contribution < 1.29 is 4.79 Å². The molecule has 6 nitrogen and oxygen atoms in total. The van der Waals surface area contributed by atoms with Gasteiger partial charge in [-0.25, -0.2) is 4.98 Å². The first-order valence-corrected chi connectivity index (χ1v) is 10.8. The van der Waals surface area contributed by atoms with Crippen molar-refractivity contribution in [3.8, 4) is 0 Å². The molecule has 0 radical (unpaired) electrons. The van der Waals surface area contributed by atoms with Crippen LogP contribution in [0.2, 0.25) is 0 Å². The summed E-state index contributed by atoms with van der Waals surface area (Å²) in [6, 6.07) is 12.5. The summed E-state index contributed by atoms with van der Waals surface area (Å²) in [4.78, 5) is 20.9. The van der Waals surface area contributed by atoms with E-state index >= 15 is 0 Å².